The largest absolute Gasteiger partial charge is 0.465 e. The van der Waals surface area contributed by atoms with Crippen LogP contribution in [0.3, 0.4) is 0 Å². The first-order chi connectivity index (χ1) is 10.1. The van der Waals surface area contributed by atoms with Crippen molar-refractivity contribution in [1.82, 2.24) is 10.6 Å². The van der Waals surface area contributed by atoms with E-state index in [0.29, 0.717) is 29.7 Å². The summed E-state index contributed by atoms with van der Waals surface area (Å²) < 4.78 is 10.2. The number of aryl methyl sites for hydroxylation is 1. The summed E-state index contributed by atoms with van der Waals surface area (Å²) in [4.78, 5) is 15.7. The summed E-state index contributed by atoms with van der Waals surface area (Å²) in [7, 11) is 3.08. The molecule has 0 spiro atoms. The van der Waals surface area contributed by atoms with Crippen molar-refractivity contribution >= 4 is 11.9 Å². The van der Waals surface area contributed by atoms with Crippen LogP contribution >= 0.6 is 0 Å². The van der Waals surface area contributed by atoms with E-state index in [4.69, 9.17) is 9.15 Å². The van der Waals surface area contributed by atoms with Gasteiger partial charge < -0.3 is 19.8 Å². The SMILES string of the molecule is CN=C(NCc1cc(C(=O)OC)c(C)o1)NC1CC=CC1. The molecule has 114 valence electrons. The van der Waals surface area contributed by atoms with E-state index in [1.54, 1.807) is 20.0 Å². The van der Waals surface area contributed by atoms with Crippen molar-refractivity contribution in [2.24, 2.45) is 4.99 Å². The highest BCUT2D eigenvalue weighted by molar-refractivity contribution is 5.90. The number of carbonyl (C=O) groups is 1. The topological polar surface area (TPSA) is 75.9 Å². The molecule has 2 N–H and O–H groups in total. The minimum Gasteiger partial charge on any atom is -0.465 e. The summed E-state index contributed by atoms with van der Waals surface area (Å²) in [6, 6.07) is 2.08. The minimum absolute atomic E-state index is 0.387. The lowest BCUT2D eigenvalue weighted by molar-refractivity contribution is 0.0599. The highest BCUT2D eigenvalue weighted by Crippen LogP contribution is 2.15. The summed E-state index contributed by atoms with van der Waals surface area (Å²) >= 11 is 0. The second kappa shape index (κ2) is 6.97. The van der Waals surface area contributed by atoms with Gasteiger partial charge >= 0.3 is 5.97 Å². The fourth-order valence-corrected chi connectivity index (χ4v) is 2.24. The number of hydrogen-bond donors (Lipinski definition) is 2. The maximum atomic E-state index is 11.5. The molecule has 1 aromatic rings. The molecule has 1 aliphatic carbocycles. The molecule has 0 atom stereocenters. The smallest absolute Gasteiger partial charge is 0.341 e. The van der Waals surface area contributed by atoms with Gasteiger partial charge in [0, 0.05) is 13.1 Å². The van der Waals surface area contributed by atoms with Crippen LogP contribution in [-0.2, 0) is 11.3 Å². The minimum atomic E-state index is -0.387. The first kappa shape index (κ1) is 15.2. The lowest BCUT2D eigenvalue weighted by Crippen LogP contribution is -2.42. The van der Waals surface area contributed by atoms with Gasteiger partial charge in [0.2, 0.25) is 0 Å². The quantitative estimate of drug-likeness (QED) is 0.382. The lowest BCUT2D eigenvalue weighted by Gasteiger charge is -2.16. The predicted molar refractivity (Wildman–Crippen MR) is 80.3 cm³/mol. The van der Waals surface area contributed by atoms with Gasteiger partial charge in [-0.25, -0.2) is 4.79 Å². The number of aliphatic imine (C=N–C) groups is 1. The van der Waals surface area contributed by atoms with Crippen LogP contribution < -0.4 is 10.6 Å². The number of hydrogen-bond acceptors (Lipinski definition) is 4. The van der Waals surface area contributed by atoms with Crippen LogP contribution in [-0.4, -0.2) is 32.1 Å². The summed E-state index contributed by atoms with van der Waals surface area (Å²) in [5.41, 5.74) is 0.456. The molecule has 21 heavy (non-hydrogen) atoms. The highest BCUT2D eigenvalue weighted by atomic mass is 16.5. The fourth-order valence-electron chi connectivity index (χ4n) is 2.24. The molecule has 0 fully saturated rings. The number of furan rings is 1. The standard InChI is InChI=1S/C15H21N3O3/c1-10-13(14(19)20-3)8-12(21-10)9-17-15(16-2)18-11-6-4-5-7-11/h4-5,8,11H,6-7,9H2,1-3H3,(H2,16,17,18). The number of guanidine groups is 1. The average molecular weight is 291 g/mol. The summed E-state index contributed by atoms with van der Waals surface area (Å²) in [6.07, 6.45) is 6.33. The van der Waals surface area contributed by atoms with Crippen molar-refractivity contribution < 1.29 is 13.9 Å². The van der Waals surface area contributed by atoms with Crippen molar-refractivity contribution in [3.8, 4) is 0 Å². The Hall–Kier alpha value is -2.24. The van der Waals surface area contributed by atoms with E-state index in [-0.39, 0.29) is 5.97 Å². The summed E-state index contributed by atoms with van der Waals surface area (Å²) in [6.45, 7) is 2.20. The van der Waals surface area contributed by atoms with Gasteiger partial charge in [-0.3, -0.25) is 4.99 Å². The Morgan fingerprint density at radius 2 is 2.19 bits per heavy atom. The monoisotopic (exact) mass is 291 g/mol. The summed E-state index contributed by atoms with van der Waals surface area (Å²) in [5.74, 6) is 1.56. The molecule has 0 saturated carbocycles. The molecule has 0 unspecified atom stereocenters. The molecule has 0 amide bonds. The number of nitrogens with one attached hydrogen (secondary N) is 2. The van der Waals surface area contributed by atoms with Gasteiger partial charge in [0.25, 0.3) is 0 Å². The second-order valence-corrected chi connectivity index (χ2v) is 4.88. The van der Waals surface area contributed by atoms with E-state index < -0.39 is 0 Å². The Labute approximate surface area is 124 Å². The third-order valence-electron chi connectivity index (χ3n) is 3.38. The molecule has 0 aromatic carbocycles. The van der Waals surface area contributed by atoms with Gasteiger partial charge in [-0.15, -0.1) is 0 Å². The first-order valence-corrected chi connectivity index (χ1v) is 6.94. The number of methoxy groups -OCH3 is 1. The molecule has 1 aromatic heterocycles. The Balaban J connectivity index is 1.90. The number of ether oxygens (including phenoxy) is 1. The van der Waals surface area contributed by atoms with E-state index in [1.165, 1.54) is 7.11 Å². The van der Waals surface area contributed by atoms with Gasteiger partial charge in [-0.1, -0.05) is 12.2 Å². The van der Waals surface area contributed by atoms with Crippen molar-refractivity contribution in [3.63, 3.8) is 0 Å². The van der Waals surface area contributed by atoms with E-state index in [9.17, 15) is 4.79 Å². The third-order valence-corrected chi connectivity index (χ3v) is 3.38. The van der Waals surface area contributed by atoms with Crippen molar-refractivity contribution in [3.05, 3.63) is 35.3 Å². The molecule has 6 heteroatoms. The van der Waals surface area contributed by atoms with Crippen LogP contribution in [0.1, 0.15) is 34.7 Å². The van der Waals surface area contributed by atoms with Crippen LogP contribution in [0.2, 0.25) is 0 Å². The number of rotatable bonds is 4. The van der Waals surface area contributed by atoms with Crippen LogP contribution in [0, 0.1) is 6.92 Å². The van der Waals surface area contributed by atoms with Gasteiger partial charge in [-0.2, -0.15) is 0 Å². The Morgan fingerprint density at radius 1 is 1.48 bits per heavy atom. The molecule has 0 bridgehead atoms. The zero-order valence-electron chi connectivity index (χ0n) is 12.6. The molecular formula is C15H21N3O3. The van der Waals surface area contributed by atoms with E-state index in [1.807, 2.05) is 0 Å². The van der Waals surface area contributed by atoms with Gasteiger partial charge in [0.15, 0.2) is 5.96 Å². The fraction of sp³-hybridized carbons (Fsp3) is 0.467. The normalized spacial score (nSPS) is 15.3. The van der Waals surface area contributed by atoms with E-state index >= 15 is 0 Å². The number of esters is 1. The van der Waals surface area contributed by atoms with Crippen molar-refractivity contribution in [1.29, 1.82) is 0 Å². The van der Waals surface area contributed by atoms with Gasteiger partial charge in [0.1, 0.15) is 17.1 Å². The Kier molecular flexibility index (Phi) is 5.03. The van der Waals surface area contributed by atoms with E-state index in [2.05, 4.69) is 27.8 Å². The number of nitrogens with zero attached hydrogens (tertiary/aromatic N) is 1. The average Bonchev–Trinajstić information content (AvgIpc) is 3.12. The molecular weight excluding hydrogens is 270 g/mol. The predicted octanol–water partition coefficient (Wildman–Crippen LogP) is 1.76. The number of carbonyl (C=O) groups excluding carboxylic acids is 1. The third kappa shape index (κ3) is 3.87. The van der Waals surface area contributed by atoms with Crippen LogP contribution in [0.25, 0.3) is 0 Å². The maximum Gasteiger partial charge on any atom is 0.341 e. The van der Waals surface area contributed by atoms with E-state index in [0.717, 1.165) is 18.8 Å². The molecule has 0 saturated heterocycles. The van der Waals surface area contributed by atoms with Gasteiger partial charge in [-0.05, 0) is 25.8 Å². The van der Waals surface area contributed by atoms with Crippen LogP contribution in [0.4, 0.5) is 0 Å². The van der Waals surface area contributed by atoms with Crippen LogP contribution in [0.15, 0.2) is 27.6 Å². The van der Waals surface area contributed by atoms with Crippen molar-refractivity contribution in [2.45, 2.75) is 32.4 Å². The molecule has 0 radical (unpaired) electrons. The Morgan fingerprint density at radius 3 is 2.81 bits per heavy atom. The molecule has 1 heterocycles. The van der Waals surface area contributed by atoms with Crippen molar-refractivity contribution in [2.75, 3.05) is 14.2 Å². The van der Waals surface area contributed by atoms with Gasteiger partial charge in [0.05, 0.1) is 13.7 Å². The van der Waals surface area contributed by atoms with Crippen LogP contribution in [0.5, 0.6) is 0 Å². The second-order valence-electron chi connectivity index (χ2n) is 4.88. The maximum absolute atomic E-state index is 11.5. The first-order valence-electron chi connectivity index (χ1n) is 6.94. The Bertz CT molecular complexity index is 553. The summed E-state index contributed by atoms with van der Waals surface area (Å²) in [5, 5.41) is 6.51. The molecule has 1 aliphatic rings. The molecule has 6 nitrogen and oxygen atoms in total. The highest BCUT2D eigenvalue weighted by Gasteiger charge is 2.16. The zero-order valence-corrected chi connectivity index (χ0v) is 12.6. The molecule has 0 aliphatic heterocycles. The lowest BCUT2D eigenvalue weighted by atomic mass is 10.2. The zero-order chi connectivity index (χ0) is 15.2. The molecule has 2 rings (SSSR count).